The van der Waals surface area contributed by atoms with Crippen molar-refractivity contribution in [1.29, 1.82) is 0 Å². The fraction of sp³-hybridized carbons (Fsp3) is 0.500. The normalized spacial score (nSPS) is 21.6. The number of halogens is 1. The van der Waals surface area contributed by atoms with Crippen molar-refractivity contribution in [3.8, 4) is 0 Å². The van der Waals surface area contributed by atoms with Gasteiger partial charge in [0.05, 0.1) is 5.02 Å². The van der Waals surface area contributed by atoms with Gasteiger partial charge < -0.3 is 9.80 Å². The van der Waals surface area contributed by atoms with Gasteiger partial charge >= 0.3 is 0 Å². The number of carbonyl (C=O) groups is 1. The zero-order valence-electron chi connectivity index (χ0n) is 10.1. The highest BCUT2D eigenvalue weighted by Gasteiger charge is 2.23. The second kappa shape index (κ2) is 5.02. The number of aromatic nitrogens is 1. The first kappa shape index (κ1) is 12.3. The summed E-state index contributed by atoms with van der Waals surface area (Å²) in [5.74, 6) is 0.775. The molecule has 0 saturated carbocycles. The van der Waals surface area contributed by atoms with Crippen LogP contribution >= 0.6 is 11.6 Å². The Morgan fingerprint density at radius 2 is 2.29 bits per heavy atom. The smallest absolute Gasteiger partial charge is 0.151 e. The first-order valence-electron chi connectivity index (χ1n) is 5.67. The quantitative estimate of drug-likeness (QED) is 0.752. The van der Waals surface area contributed by atoms with Crippen LogP contribution < -0.4 is 4.90 Å². The Morgan fingerprint density at radius 1 is 1.53 bits per heavy atom. The van der Waals surface area contributed by atoms with Crippen LogP contribution in [0.15, 0.2) is 12.3 Å². The van der Waals surface area contributed by atoms with Crippen molar-refractivity contribution >= 4 is 23.7 Å². The third-order valence-electron chi connectivity index (χ3n) is 3.24. The summed E-state index contributed by atoms with van der Waals surface area (Å²) < 4.78 is 0. The maximum atomic E-state index is 10.6. The van der Waals surface area contributed by atoms with Crippen LogP contribution in [-0.4, -0.2) is 48.9 Å². The molecule has 0 amide bonds. The van der Waals surface area contributed by atoms with Crippen LogP contribution in [-0.2, 0) is 0 Å². The molecule has 1 atom stereocenters. The van der Waals surface area contributed by atoms with Gasteiger partial charge in [-0.1, -0.05) is 11.6 Å². The van der Waals surface area contributed by atoms with Crippen molar-refractivity contribution in [3.05, 3.63) is 22.8 Å². The summed E-state index contributed by atoms with van der Waals surface area (Å²) in [5, 5.41) is 0.548. The Morgan fingerprint density at radius 3 is 2.88 bits per heavy atom. The molecule has 0 radical (unpaired) electrons. The molecule has 4 nitrogen and oxygen atoms in total. The minimum absolute atomic E-state index is 0.479. The number of aldehydes is 1. The maximum absolute atomic E-state index is 10.6. The summed E-state index contributed by atoms with van der Waals surface area (Å²) in [6.07, 6.45) is 2.33. The molecule has 0 bridgehead atoms. The number of anilines is 1. The van der Waals surface area contributed by atoms with E-state index in [1.807, 2.05) is 0 Å². The summed E-state index contributed by atoms with van der Waals surface area (Å²) in [6, 6.07) is 2.15. The molecule has 0 aromatic carbocycles. The third kappa shape index (κ3) is 2.58. The fourth-order valence-electron chi connectivity index (χ4n) is 1.98. The number of hydrogen-bond donors (Lipinski definition) is 0. The molecule has 1 aliphatic rings. The highest BCUT2D eigenvalue weighted by atomic mass is 35.5. The Labute approximate surface area is 106 Å². The molecule has 1 aliphatic heterocycles. The van der Waals surface area contributed by atoms with Gasteiger partial charge in [-0.3, -0.25) is 4.79 Å². The lowest BCUT2D eigenvalue weighted by Gasteiger charge is -2.38. The third-order valence-corrected chi connectivity index (χ3v) is 3.52. The van der Waals surface area contributed by atoms with Crippen LogP contribution in [0, 0.1) is 0 Å². The van der Waals surface area contributed by atoms with E-state index in [0.29, 0.717) is 16.6 Å². The molecular weight excluding hydrogens is 238 g/mol. The van der Waals surface area contributed by atoms with E-state index in [1.165, 1.54) is 0 Å². The van der Waals surface area contributed by atoms with Gasteiger partial charge in [-0.2, -0.15) is 0 Å². The van der Waals surface area contributed by atoms with Crippen LogP contribution in [0.1, 0.15) is 17.3 Å². The summed E-state index contributed by atoms with van der Waals surface area (Å²) in [7, 11) is 2.12. The van der Waals surface area contributed by atoms with Crippen molar-refractivity contribution in [2.75, 3.05) is 31.6 Å². The number of rotatable bonds is 2. The van der Waals surface area contributed by atoms with E-state index in [2.05, 4.69) is 28.8 Å². The molecule has 17 heavy (non-hydrogen) atoms. The lowest BCUT2D eigenvalue weighted by atomic mass is 10.2. The SMILES string of the molecule is CC1CN(c2ncc(C=O)cc2Cl)CCN1C. The molecule has 1 fully saturated rings. The van der Waals surface area contributed by atoms with Crippen molar-refractivity contribution in [3.63, 3.8) is 0 Å². The summed E-state index contributed by atoms with van der Waals surface area (Å²) >= 11 is 6.15. The molecule has 2 rings (SSSR count). The van der Waals surface area contributed by atoms with E-state index >= 15 is 0 Å². The van der Waals surface area contributed by atoms with E-state index in [9.17, 15) is 4.79 Å². The van der Waals surface area contributed by atoms with E-state index in [1.54, 1.807) is 12.3 Å². The van der Waals surface area contributed by atoms with E-state index in [4.69, 9.17) is 11.6 Å². The van der Waals surface area contributed by atoms with Gasteiger partial charge in [0, 0.05) is 37.4 Å². The number of carbonyl (C=O) groups excluding carboxylic acids is 1. The topological polar surface area (TPSA) is 36.4 Å². The largest absolute Gasteiger partial charge is 0.353 e. The van der Waals surface area contributed by atoms with Gasteiger partial charge in [0.15, 0.2) is 6.29 Å². The first-order valence-corrected chi connectivity index (χ1v) is 6.05. The van der Waals surface area contributed by atoms with Gasteiger partial charge in [0.25, 0.3) is 0 Å². The van der Waals surface area contributed by atoms with Crippen molar-refractivity contribution in [2.24, 2.45) is 0 Å². The fourth-order valence-corrected chi connectivity index (χ4v) is 2.28. The molecule has 0 aliphatic carbocycles. The van der Waals surface area contributed by atoms with Crippen LogP contribution in [0.2, 0.25) is 5.02 Å². The van der Waals surface area contributed by atoms with Gasteiger partial charge in [-0.25, -0.2) is 4.98 Å². The molecule has 0 N–H and O–H groups in total. The molecule has 1 aromatic heterocycles. The van der Waals surface area contributed by atoms with E-state index in [0.717, 1.165) is 31.7 Å². The monoisotopic (exact) mass is 253 g/mol. The zero-order chi connectivity index (χ0) is 12.4. The predicted octanol–water partition coefficient (Wildman–Crippen LogP) is 1.69. The summed E-state index contributed by atoms with van der Waals surface area (Å²) in [4.78, 5) is 19.4. The Kier molecular flexibility index (Phi) is 3.64. The molecular formula is C12H16ClN3O. The number of nitrogens with zero attached hydrogens (tertiary/aromatic N) is 3. The van der Waals surface area contributed by atoms with Crippen molar-refractivity contribution in [1.82, 2.24) is 9.88 Å². The first-order chi connectivity index (χ1) is 8.11. The number of likely N-dealkylation sites (N-methyl/N-ethyl adjacent to an activating group) is 1. The van der Waals surface area contributed by atoms with Gasteiger partial charge in [0.2, 0.25) is 0 Å². The van der Waals surface area contributed by atoms with Gasteiger partial charge in [-0.05, 0) is 20.0 Å². The molecule has 1 aromatic rings. The van der Waals surface area contributed by atoms with Crippen molar-refractivity contribution < 1.29 is 4.79 Å². The average molecular weight is 254 g/mol. The molecule has 2 heterocycles. The number of hydrogen-bond acceptors (Lipinski definition) is 4. The minimum atomic E-state index is 0.479. The zero-order valence-corrected chi connectivity index (χ0v) is 10.8. The predicted molar refractivity (Wildman–Crippen MR) is 68.9 cm³/mol. The van der Waals surface area contributed by atoms with Gasteiger partial charge in [-0.15, -0.1) is 0 Å². The lowest BCUT2D eigenvalue weighted by molar-refractivity contribution is 0.112. The second-order valence-corrected chi connectivity index (χ2v) is 4.87. The Hall–Kier alpha value is -1.13. The molecule has 5 heteroatoms. The van der Waals surface area contributed by atoms with Crippen LogP contribution in [0.5, 0.6) is 0 Å². The highest BCUT2D eigenvalue weighted by Crippen LogP contribution is 2.25. The summed E-state index contributed by atoms with van der Waals surface area (Å²) in [6.45, 7) is 4.99. The number of piperazine rings is 1. The average Bonchev–Trinajstić information content (AvgIpc) is 2.32. The molecule has 1 unspecified atom stereocenters. The highest BCUT2D eigenvalue weighted by molar-refractivity contribution is 6.33. The van der Waals surface area contributed by atoms with Crippen LogP contribution in [0.3, 0.4) is 0 Å². The Balaban J connectivity index is 2.20. The van der Waals surface area contributed by atoms with Gasteiger partial charge in [0.1, 0.15) is 5.82 Å². The van der Waals surface area contributed by atoms with Crippen LogP contribution in [0.25, 0.3) is 0 Å². The van der Waals surface area contributed by atoms with E-state index in [-0.39, 0.29) is 0 Å². The van der Waals surface area contributed by atoms with Crippen LogP contribution in [0.4, 0.5) is 5.82 Å². The standard InChI is InChI=1S/C12H16ClN3O/c1-9-7-16(4-3-15(9)2)12-11(13)5-10(8-17)6-14-12/h5-6,8-9H,3-4,7H2,1-2H3. The molecule has 0 spiro atoms. The number of pyridine rings is 1. The summed E-state index contributed by atoms with van der Waals surface area (Å²) in [5.41, 5.74) is 0.515. The maximum Gasteiger partial charge on any atom is 0.151 e. The minimum Gasteiger partial charge on any atom is -0.353 e. The molecule has 1 saturated heterocycles. The molecule has 92 valence electrons. The second-order valence-electron chi connectivity index (χ2n) is 4.47. The lowest BCUT2D eigenvalue weighted by Crippen LogP contribution is -2.50. The van der Waals surface area contributed by atoms with E-state index < -0.39 is 0 Å². The van der Waals surface area contributed by atoms with Crippen molar-refractivity contribution in [2.45, 2.75) is 13.0 Å². The Bertz CT molecular complexity index is 424.